The summed E-state index contributed by atoms with van der Waals surface area (Å²) < 4.78 is 0. The van der Waals surface area contributed by atoms with Gasteiger partial charge in [-0.05, 0) is 61.6 Å². The second-order valence-corrected chi connectivity index (χ2v) is 7.70. The number of pyridine rings is 1. The molecule has 2 aromatic rings. The number of rotatable bonds is 5. The molecule has 0 saturated heterocycles. The van der Waals surface area contributed by atoms with Gasteiger partial charge in [0, 0.05) is 29.4 Å². The van der Waals surface area contributed by atoms with Crippen molar-refractivity contribution in [3.05, 3.63) is 53.7 Å². The minimum atomic E-state index is -0.605. The number of aliphatic hydroxyl groups is 1. The van der Waals surface area contributed by atoms with Crippen molar-refractivity contribution in [2.24, 2.45) is 17.6 Å². The normalized spacial score (nSPS) is 25.6. The maximum absolute atomic E-state index is 11.8. The van der Waals surface area contributed by atoms with E-state index in [1.165, 1.54) is 12.8 Å². The number of primary amides is 1. The Bertz CT molecular complexity index is 835. The van der Waals surface area contributed by atoms with E-state index < -0.39 is 12.1 Å². The van der Waals surface area contributed by atoms with Crippen LogP contribution in [0.5, 0.6) is 0 Å². The summed E-state index contributed by atoms with van der Waals surface area (Å²) in [7, 11) is 0. The number of hydrogen-bond acceptors (Lipinski definition) is 5. The lowest BCUT2D eigenvalue weighted by Crippen LogP contribution is -2.52. The molecule has 1 aromatic heterocycles. The highest BCUT2D eigenvalue weighted by atomic mass is 16.3. The summed E-state index contributed by atoms with van der Waals surface area (Å²) in [5.74, 6) is 1.15. The van der Waals surface area contributed by atoms with Crippen LogP contribution in [0.3, 0.4) is 0 Å². The van der Waals surface area contributed by atoms with E-state index in [4.69, 9.17) is 5.73 Å². The molecule has 2 aliphatic rings. The molecule has 1 aliphatic carbocycles. The number of benzene rings is 1. The molecule has 142 valence electrons. The number of aliphatic hydroxyl groups excluding tert-OH is 1. The van der Waals surface area contributed by atoms with Crippen molar-refractivity contribution in [2.75, 3.05) is 10.2 Å². The Kier molecular flexibility index (Phi) is 4.52. The average molecular weight is 366 g/mol. The van der Waals surface area contributed by atoms with Crippen molar-refractivity contribution in [3.63, 3.8) is 0 Å². The number of carbonyl (C=O) groups is 1. The van der Waals surface area contributed by atoms with E-state index in [0.717, 1.165) is 17.1 Å². The van der Waals surface area contributed by atoms with Gasteiger partial charge in [0.15, 0.2) is 0 Å². The molecule has 1 saturated carbocycles. The van der Waals surface area contributed by atoms with Gasteiger partial charge in [0.05, 0.1) is 6.04 Å². The number of nitrogens with two attached hydrogens (primary N) is 1. The van der Waals surface area contributed by atoms with Gasteiger partial charge in [0.2, 0.25) is 5.91 Å². The van der Waals surface area contributed by atoms with E-state index in [9.17, 15) is 9.90 Å². The molecule has 0 bridgehead atoms. The van der Waals surface area contributed by atoms with Crippen LogP contribution in [0.4, 0.5) is 11.5 Å². The maximum atomic E-state index is 11.8. The minimum Gasteiger partial charge on any atom is -0.374 e. The van der Waals surface area contributed by atoms with Gasteiger partial charge in [-0.15, -0.1) is 0 Å². The topological polar surface area (TPSA) is 91.5 Å². The van der Waals surface area contributed by atoms with Gasteiger partial charge < -0.3 is 21.1 Å². The van der Waals surface area contributed by atoms with E-state index >= 15 is 0 Å². The van der Waals surface area contributed by atoms with Crippen LogP contribution in [0.25, 0.3) is 0 Å². The molecule has 1 fully saturated rings. The molecular formula is C21H26N4O2. The summed E-state index contributed by atoms with van der Waals surface area (Å²) in [4.78, 5) is 18.3. The second kappa shape index (κ2) is 6.85. The van der Waals surface area contributed by atoms with E-state index in [1.54, 1.807) is 19.2 Å². The zero-order chi connectivity index (χ0) is 19.1. The summed E-state index contributed by atoms with van der Waals surface area (Å²) in [5.41, 5.74) is 7.93. The summed E-state index contributed by atoms with van der Waals surface area (Å²) in [6, 6.07) is 11.5. The Morgan fingerprint density at radius 1 is 1.33 bits per heavy atom. The molecule has 0 radical (unpaired) electrons. The van der Waals surface area contributed by atoms with Crippen LogP contribution in [0, 0.1) is 11.8 Å². The summed E-state index contributed by atoms with van der Waals surface area (Å²) in [6.45, 7) is 4.01. The monoisotopic (exact) mass is 366 g/mol. The number of anilines is 2. The molecule has 1 amide bonds. The lowest BCUT2D eigenvalue weighted by atomic mass is 9.79. The number of aromatic nitrogens is 1. The number of hydrogen-bond donors (Lipinski definition) is 3. The predicted octanol–water partition coefficient (Wildman–Crippen LogP) is 2.91. The van der Waals surface area contributed by atoms with Crippen LogP contribution in [0.1, 0.15) is 48.7 Å². The maximum Gasteiger partial charge on any atom is 0.248 e. The van der Waals surface area contributed by atoms with E-state index in [1.807, 2.05) is 30.3 Å². The fourth-order valence-corrected chi connectivity index (χ4v) is 4.45. The van der Waals surface area contributed by atoms with Gasteiger partial charge in [-0.25, -0.2) is 4.98 Å². The lowest BCUT2D eigenvalue weighted by Gasteiger charge is -2.48. The highest BCUT2D eigenvalue weighted by molar-refractivity contribution is 5.93. The van der Waals surface area contributed by atoms with Crippen LogP contribution >= 0.6 is 0 Å². The average Bonchev–Trinajstić information content (AvgIpc) is 3.48. The molecule has 6 heteroatoms. The minimum absolute atomic E-state index is 0.0187. The van der Waals surface area contributed by atoms with Crippen molar-refractivity contribution in [3.8, 4) is 0 Å². The SMILES string of the molecule is CC(O)N1c2ccc(C(N)=O)cc2[C@H](Nc2ccccn2)[C@@H](C)[C@@H]1C1CC1. The Hall–Kier alpha value is -2.60. The van der Waals surface area contributed by atoms with E-state index in [0.29, 0.717) is 11.5 Å². The molecule has 27 heavy (non-hydrogen) atoms. The van der Waals surface area contributed by atoms with Gasteiger partial charge in [-0.3, -0.25) is 4.79 Å². The zero-order valence-electron chi connectivity index (χ0n) is 15.7. The first kappa shape index (κ1) is 17.8. The Morgan fingerprint density at radius 2 is 2.11 bits per heavy atom. The van der Waals surface area contributed by atoms with Crippen molar-refractivity contribution in [1.29, 1.82) is 0 Å². The van der Waals surface area contributed by atoms with Crippen LogP contribution in [-0.2, 0) is 0 Å². The highest BCUT2D eigenvalue weighted by Gasteiger charge is 2.47. The zero-order valence-corrected chi connectivity index (χ0v) is 15.7. The number of nitrogens with one attached hydrogen (secondary N) is 1. The third kappa shape index (κ3) is 3.25. The number of fused-ring (bicyclic) bond motifs is 1. The van der Waals surface area contributed by atoms with Crippen molar-refractivity contribution < 1.29 is 9.90 Å². The number of carbonyl (C=O) groups excluding carboxylic acids is 1. The van der Waals surface area contributed by atoms with Crippen LogP contribution in [0.2, 0.25) is 0 Å². The van der Waals surface area contributed by atoms with Gasteiger partial charge in [-0.1, -0.05) is 13.0 Å². The smallest absolute Gasteiger partial charge is 0.248 e. The van der Waals surface area contributed by atoms with Crippen LogP contribution in [0.15, 0.2) is 42.6 Å². The fraction of sp³-hybridized carbons (Fsp3) is 0.429. The molecular weight excluding hydrogens is 340 g/mol. The first-order valence-electron chi connectivity index (χ1n) is 9.55. The van der Waals surface area contributed by atoms with Gasteiger partial charge in [-0.2, -0.15) is 0 Å². The molecule has 1 aliphatic heterocycles. The van der Waals surface area contributed by atoms with E-state index in [2.05, 4.69) is 22.1 Å². The summed E-state index contributed by atoms with van der Waals surface area (Å²) >= 11 is 0. The van der Waals surface area contributed by atoms with Crippen molar-refractivity contribution in [2.45, 2.75) is 45.0 Å². The molecule has 4 N–H and O–H groups in total. The highest BCUT2D eigenvalue weighted by Crippen LogP contribution is 2.50. The quantitative estimate of drug-likeness (QED) is 0.757. The molecule has 0 spiro atoms. The predicted molar refractivity (Wildman–Crippen MR) is 105 cm³/mol. The van der Waals surface area contributed by atoms with Crippen LogP contribution < -0.4 is 16.0 Å². The Labute approximate surface area is 159 Å². The van der Waals surface area contributed by atoms with Gasteiger partial charge >= 0.3 is 0 Å². The molecule has 6 nitrogen and oxygen atoms in total. The van der Waals surface area contributed by atoms with Crippen LogP contribution in [-0.4, -0.2) is 28.3 Å². The van der Waals surface area contributed by atoms with Crippen molar-refractivity contribution in [1.82, 2.24) is 4.98 Å². The number of nitrogens with zero attached hydrogens (tertiary/aromatic N) is 2. The van der Waals surface area contributed by atoms with Gasteiger partial charge in [0.25, 0.3) is 0 Å². The Morgan fingerprint density at radius 3 is 2.70 bits per heavy atom. The first-order chi connectivity index (χ1) is 13.0. The molecule has 2 heterocycles. The molecule has 1 aromatic carbocycles. The third-order valence-electron chi connectivity index (χ3n) is 5.79. The summed E-state index contributed by atoms with van der Waals surface area (Å²) in [5, 5.41) is 14.1. The molecule has 1 unspecified atom stereocenters. The largest absolute Gasteiger partial charge is 0.374 e. The molecule has 4 atom stereocenters. The third-order valence-corrected chi connectivity index (χ3v) is 5.79. The standard InChI is InChI=1S/C21H26N4O2/c1-12-19(24-18-5-3-4-10-23-18)16-11-15(21(22)27)8-9-17(16)25(13(2)26)20(12)14-6-7-14/h3-5,8-14,19-20,26H,6-7H2,1-2H3,(H2,22,27)(H,23,24)/t12-,13?,19-,20-/m1/s1. The molecule has 4 rings (SSSR count). The summed E-state index contributed by atoms with van der Waals surface area (Å²) in [6.07, 6.45) is 3.52. The lowest BCUT2D eigenvalue weighted by molar-refractivity contribution is 0.1000. The van der Waals surface area contributed by atoms with Crippen molar-refractivity contribution >= 4 is 17.4 Å². The number of amides is 1. The van der Waals surface area contributed by atoms with Gasteiger partial charge in [0.1, 0.15) is 12.0 Å². The van der Waals surface area contributed by atoms with E-state index in [-0.39, 0.29) is 18.0 Å². The fourth-order valence-electron chi connectivity index (χ4n) is 4.45. The first-order valence-corrected chi connectivity index (χ1v) is 9.55. The Balaban J connectivity index is 1.82. The second-order valence-electron chi connectivity index (χ2n) is 7.70.